The van der Waals surface area contributed by atoms with E-state index in [0.717, 1.165) is 12.8 Å². The quantitative estimate of drug-likeness (QED) is 0.685. The lowest BCUT2D eigenvalue weighted by Crippen LogP contribution is -2.39. The second-order valence-electron chi connectivity index (χ2n) is 7.16. The highest BCUT2D eigenvalue weighted by Gasteiger charge is 2.28. The Morgan fingerprint density at radius 2 is 1.96 bits per heavy atom. The summed E-state index contributed by atoms with van der Waals surface area (Å²) in [4.78, 5) is 25.2. The zero-order chi connectivity index (χ0) is 17.2. The zero-order valence-electron chi connectivity index (χ0n) is 13.9. The van der Waals surface area contributed by atoms with E-state index in [0.29, 0.717) is 24.2 Å². The molecule has 0 atom stereocenters. The highest BCUT2D eigenvalue weighted by molar-refractivity contribution is 5.95. The molecule has 1 aromatic carbocycles. The number of carbonyl (C=O) groups excluding carboxylic acids is 1. The number of aliphatic hydroxyl groups is 1. The van der Waals surface area contributed by atoms with Gasteiger partial charge in [-0.3, -0.25) is 14.9 Å². The van der Waals surface area contributed by atoms with Gasteiger partial charge in [-0.25, -0.2) is 0 Å². The van der Waals surface area contributed by atoms with Crippen LogP contribution in [0.3, 0.4) is 0 Å². The molecule has 1 aliphatic heterocycles. The van der Waals surface area contributed by atoms with Gasteiger partial charge in [0.15, 0.2) is 0 Å². The molecule has 23 heavy (non-hydrogen) atoms. The number of hydrogen-bond donors (Lipinski definition) is 1. The first-order chi connectivity index (χ1) is 10.7. The van der Waals surface area contributed by atoms with E-state index < -0.39 is 4.92 Å². The molecule has 1 heterocycles. The van der Waals surface area contributed by atoms with Crippen molar-refractivity contribution in [1.82, 2.24) is 4.90 Å². The molecule has 1 aromatic rings. The fourth-order valence-electron chi connectivity index (χ4n) is 2.95. The number of benzene rings is 1. The lowest BCUT2D eigenvalue weighted by atomic mass is 9.85. The van der Waals surface area contributed by atoms with Crippen LogP contribution in [0, 0.1) is 16.0 Å². The van der Waals surface area contributed by atoms with Gasteiger partial charge in [-0.05, 0) is 30.2 Å². The normalized spacial score (nSPS) is 16.4. The van der Waals surface area contributed by atoms with Crippen LogP contribution in [-0.2, 0) is 5.41 Å². The maximum atomic E-state index is 12.6. The van der Waals surface area contributed by atoms with Crippen molar-refractivity contribution in [2.75, 3.05) is 19.7 Å². The number of nitrogens with zero attached hydrogens (tertiary/aromatic N) is 2. The Bertz CT molecular complexity index is 599. The molecule has 126 valence electrons. The molecular weight excluding hydrogens is 296 g/mol. The van der Waals surface area contributed by atoms with E-state index in [1.54, 1.807) is 17.0 Å². The van der Waals surface area contributed by atoms with Crippen LogP contribution in [0.25, 0.3) is 0 Å². The minimum Gasteiger partial charge on any atom is -0.396 e. The molecule has 0 saturated carbocycles. The number of carbonyl (C=O) groups is 1. The van der Waals surface area contributed by atoms with Gasteiger partial charge < -0.3 is 10.0 Å². The van der Waals surface area contributed by atoms with Crippen molar-refractivity contribution in [3.63, 3.8) is 0 Å². The van der Waals surface area contributed by atoms with Gasteiger partial charge in [0.05, 0.1) is 4.92 Å². The highest BCUT2D eigenvalue weighted by Crippen LogP contribution is 2.32. The molecule has 2 rings (SSSR count). The van der Waals surface area contributed by atoms with Gasteiger partial charge in [0, 0.05) is 36.9 Å². The Hall–Kier alpha value is -1.95. The summed E-state index contributed by atoms with van der Waals surface area (Å²) in [5.74, 6) is 0.0709. The fraction of sp³-hybridized carbons (Fsp3) is 0.588. The second kappa shape index (κ2) is 6.66. The van der Waals surface area contributed by atoms with Crippen LogP contribution in [0.2, 0.25) is 0 Å². The topological polar surface area (TPSA) is 83.7 Å². The highest BCUT2D eigenvalue weighted by atomic mass is 16.6. The van der Waals surface area contributed by atoms with Crippen molar-refractivity contribution in [2.24, 2.45) is 5.92 Å². The Morgan fingerprint density at radius 1 is 1.35 bits per heavy atom. The predicted octanol–water partition coefficient (Wildman–Crippen LogP) is 2.74. The number of likely N-dealkylation sites (tertiary alicyclic amines) is 1. The van der Waals surface area contributed by atoms with Gasteiger partial charge in [0.1, 0.15) is 0 Å². The minimum atomic E-state index is -0.421. The Labute approximate surface area is 136 Å². The molecule has 1 amide bonds. The van der Waals surface area contributed by atoms with E-state index in [1.165, 1.54) is 6.07 Å². The molecule has 0 aliphatic carbocycles. The van der Waals surface area contributed by atoms with E-state index in [-0.39, 0.29) is 29.5 Å². The number of hydrogen-bond acceptors (Lipinski definition) is 4. The van der Waals surface area contributed by atoms with Crippen molar-refractivity contribution >= 4 is 11.6 Å². The first-order valence-corrected chi connectivity index (χ1v) is 7.93. The third-order valence-electron chi connectivity index (χ3n) is 4.41. The van der Waals surface area contributed by atoms with Crippen LogP contribution in [0.15, 0.2) is 18.2 Å². The van der Waals surface area contributed by atoms with Crippen LogP contribution in [0.1, 0.15) is 49.5 Å². The average molecular weight is 320 g/mol. The van der Waals surface area contributed by atoms with E-state index in [4.69, 9.17) is 5.11 Å². The summed E-state index contributed by atoms with van der Waals surface area (Å²) in [7, 11) is 0. The van der Waals surface area contributed by atoms with Gasteiger partial charge in [0.25, 0.3) is 11.6 Å². The molecule has 1 N–H and O–H groups in total. The van der Waals surface area contributed by atoms with E-state index >= 15 is 0 Å². The number of piperidine rings is 1. The van der Waals surface area contributed by atoms with Gasteiger partial charge >= 0.3 is 0 Å². The molecule has 6 nitrogen and oxygen atoms in total. The number of nitro groups is 1. The summed E-state index contributed by atoms with van der Waals surface area (Å²) in [6.07, 6.45) is 1.54. The predicted molar refractivity (Wildman–Crippen MR) is 87.5 cm³/mol. The summed E-state index contributed by atoms with van der Waals surface area (Å²) >= 11 is 0. The monoisotopic (exact) mass is 320 g/mol. The van der Waals surface area contributed by atoms with Gasteiger partial charge in [-0.1, -0.05) is 26.8 Å². The Balaban J connectivity index is 2.25. The smallest absolute Gasteiger partial charge is 0.273 e. The molecule has 1 aliphatic rings. The van der Waals surface area contributed by atoms with Crippen molar-refractivity contribution in [2.45, 2.75) is 39.0 Å². The van der Waals surface area contributed by atoms with Crippen LogP contribution in [0.4, 0.5) is 5.69 Å². The molecule has 0 aromatic heterocycles. The SMILES string of the molecule is CC(C)(C)c1ccc(C(=O)N2CCC(CO)CC2)cc1[N+](=O)[O-]. The number of amides is 1. The van der Waals surface area contributed by atoms with Crippen LogP contribution in [-0.4, -0.2) is 40.5 Å². The van der Waals surface area contributed by atoms with Crippen LogP contribution >= 0.6 is 0 Å². The standard InChI is InChI=1S/C17H24N2O4/c1-17(2,3)14-5-4-13(10-15(14)19(22)23)16(21)18-8-6-12(11-20)7-9-18/h4-5,10,12,20H,6-9,11H2,1-3H3. The first-order valence-electron chi connectivity index (χ1n) is 7.93. The second-order valence-corrected chi connectivity index (χ2v) is 7.16. The molecule has 6 heteroatoms. The minimum absolute atomic E-state index is 0.00593. The number of aliphatic hydroxyl groups excluding tert-OH is 1. The maximum Gasteiger partial charge on any atom is 0.273 e. The average Bonchev–Trinajstić information content (AvgIpc) is 2.52. The molecule has 1 fully saturated rings. The summed E-state index contributed by atoms with van der Waals surface area (Å²) in [6.45, 7) is 7.05. The van der Waals surface area contributed by atoms with Gasteiger partial charge in [-0.2, -0.15) is 0 Å². The molecule has 0 bridgehead atoms. The largest absolute Gasteiger partial charge is 0.396 e. The Kier molecular flexibility index (Phi) is 5.04. The summed E-state index contributed by atoms with van der Waals surface area (Å²) < 4.78 is 0. The number of nitro benzene ring substituents is 1. The summed E-state index contributed by atoms with van der Waals surface area (Å²) in [5, 5.41) is 20.5. The summed E-state index contributed by atoms with van der Waals surface area (Å²) in [6, 6.07) is 4.75. The van der Waals surface area contributed by atoms with E-state index in [2.05, 4.69) is 0 Å². The molecule has 1 saturated heterocycles. The Morgan fingerprint density at radius 3 is 2.43 bits per heavy atom. The van der Waals surface area contributed by atoms with Gasteiger partial charge in [-0.15, -0.1) is 0 Å². The van der Waals surface area contributed by atoms with Crippen LogP contribution in [0.5, 0.6) is 0 Å². The van der Waals surface area contributed by atoms with Gasteiger partial charge in [0.2, 0.25) is 0 Å². The molecule has 0 spiro atoms. The van der Waals surface area contributed by atoms with Crippen molar-refractivity contribution < 1.29 is 14.8 Å². The third kappa shape index (κ3) is 3.88. The molecule has 0 unspecified atom stereocenters. The molecule has 0 radical (unpaired) electrons. The first kappa shape index (κ1) is 17.4. The molecular formula is C17H24N2O4. The van der Waals surface area contributed by atoms with E-state index in [1.807, 2.05) is 20.8 Å². The van der Waals surface area contributed by atoms with Crippen molar-refractivity contribution in [3.8, 4) is 0 Å². The fourth-order valence-corrected chi connectivity index (χ4v) is 2.95. The lowest BCUT2D eigenvalue weighted by molar-refractivity contribution is -0.386. The van der Waals surface area contributed by atoms with E-state index in [9.17, 15) is 14.9 Å². The maximum absolute atomic E-state index is 12.6. The van der Waals surface area contributed by atoms with Crippen LogP contribution < -0.4 is 0 Å². The summed E-state index contributed by atoms with van der Waals surface area (Å²) in [5.41, 5.74) is 0.613. The number of rotatable bonds is 3. The van der Waals surface area contributed by atoms with Crippen molar-refractivity contribution in [1.29, 1.82) is 0 Å². The lowest BCUT2D eigenvalue weighted by Gasteiger charge is -2.31. The van der Waals surface area contributed by atoms with Crippen molar-refractivity contribution in [3.05, 3.63) is 39.4 Å². The zero-order valence-corrected chi connectivity index (χ0v) is 13.9. The third-order valence-corrected chi connectivity index (χ3v) is 4.41.